The number of benzene rings is 1. The smallest absolute Gasteiger partial charge is 0.246 e. The van der Waals surface area contributed by atoms with Crippen LogP contribution >= 0.6 is 27.5 Å². The summed E-state index contributed by atoms with van der Waals surface area (Å²) in [6.07, 6.45) is 3.36. The van der Waals surface area contributed by atoms with Crippen LogP contribution < -0.4 is 10.1 Å². The van der Waals surface area contributed by atoms with E-state index in [4.69, 9.17) is 16.3 Å². The second-order valence-electron chi connectivity index (χ2n) is 6.40. The molecule has 2 fully saturated rings. The number of halogens is 2. The van der Waals surface area contributed by atoms with Gasteiger partial charge < -0.3 is 10.1 Å². The maximum Gasteiger partial charge on any atom is 0.246 e. The molecule has 1 amide bonds. The van der Waals surface area contributed by atoms with Gasteiger partial charge in [-0.05, 0) is 53.7 Å². The van der Waals surface area contributed by atoms with Gasteiger partial charge in [-0.1, -0.05) is 11.6 Å². The molecular formula is C16H20BrClN2O4S. The van der Waals surface area contributed by atoms with Crippen molar-refractivity contribution in [2.24, 2.45) is 5.92 Å². The number of methoxy groups -OCH3 is 1. The Morgan fingerprint density at radius 3 is 2.72 bits per heavy atom. The number of sulfonamides is 1. The highest BCUT2D eigenvalue weighted by molar-refractivity contribution is 9.10. The molecule has 0 bridgehead atoms. The quantitative estimate of drug-likeness (QED) is 0.747. The second kappa shape index (κ2) is 7.42. The first-order chi connectivity index (χ1) is 11.8. The molecule has 0 radical (unpaired) electrons. The average molecular weight is 452 g/mol. The largest absolute Gasteiger partial charge is 0.494 e. The fraction of sp³-hybridized carbons (Fsp3) is 0.562. The molecular weight excluding hydrogens is 432 g/mol. The van der Waals surface area contributed by atoms with Gasteiger partial charge in [0.25, 0.3) is 0 Å². The summed E-state index contributed by atoms with van der Waals surface area (Å²) in [7, 11) is -2.40. The van der Waals surface area contributed by atoms with Crippen molar-refractivity contribution >= 4 is 43.5 Å². The first-order valence-electron chi connectivity index (χ1n) is 8.16. The molecule has 1 saturated heterocycles. The molecule has 1 aromatic carbocycles. The highest BCUT2D eigenvalue weighted by Gasteiger charge is 2.36. The van der Waals surface area contributed by atoms with E-state index in [9.17, 15) is 13.2 Å². The van der Waals surface area contributed by atoms with Gasteiger partial charge in [0.2, 0.25) is 15.9 Å². The first kappa shape index (κ1) is 18.9. The Morgan fingerprint density at radius 1 is 1.36 bits per heavy atom. The van der Waals surface area contributed by atoms with Crippen LogP contribution in [0.4, 0.5) is 0 Å². The topological polar surface area (TPSA) is 75.7 Å². The molecule has 6 nitrogen and oxygen atoms in total. The third-order valence-corrected chi connectivity index (χ3v) is 7.15. The second-order valence-corrected chi connectivity index (χ2v) is 9.60. The van der Waals surface area contributed by atoms with E-state index in [1.165, 1.54) is 17.5 Å². The minimum Gasteiger partial charge on any atom is -0.494 e. The van der Waals surface area contributed by atoms with Crippen LogP contribution in [0.15, 0.2) is 21.5 Å². The summed E-state index contributed by atoms with van der Waals surface area (Å²) in [6, 6.07) is 3.24. The molecule has 25 heavy (non-hydrogen) atoms. The molecule has 1 aliphatic carbocycles. The number of nitrogens with one attached hydrogen (secondary N) is 1. The van der Waals surface area contributed by atoms with E-state index in [-0.39, 0.29) is 35.1 Å². The van der Waals surface area contributed by atoms with E-state index in [0.717, 1.165) is 12.8 Å². The molecule has 2 aliphatic rings. The lowest BCUT2D eigenvalue weighted by Crippen LogP contribution is -2.45. The van der Waals surface area contributed by atoms with Crippen molar-refractivity contribution in [1.82, 2.24) is 9.62 Å². The zero-order valence-electron chi connectivity index (χ0n) is 13.8. The van der Waals surface area contributed by atoms with Gasteiger partial charge in [-0.15, -0.1) is 0 Å². The molecule has 9 heteroatoms. The molecule has 1 saturated carbocycles. The SMILES string of the molecule is COc1c(Br)cc(Cl)cc1S(=O)(=O)N1CCCC(C(=O)NC2CC2)C1. The van der Waals surface area contributed by atoms with Crippen LogP contribution in [0.2, 0.25) is 5.02 Å². The molecule has 138 valence electrons. The zero-order chi connectivity index (χ0) is 18.2. The lowest BCUT2D eigenvalue weighted by molar-refractivity contribution is -0.126. The van der Waals surface area contributed by atoms with E-state index in [2.05, 4.69) is 21.2 Å². The van der Waals surface area contributed by atoms with Crippen LogP contribution in [0.5, 0.6) is 5.75 Å². The number of ether oxygens (including phenoxy) is 1. The van der Waals surface area contributed by atoms with Crippen LogP contribution in [0, 0.1) is 5.92 Å². The van der Waals surface area contributed by atoms with Crippen molar-refractivity contribution < 1.29 is 17.9 Å². The van der Waals surface area contributed by atoms with Gasteiger partial charge in [-0.2, -0.15) is 4.31 Å². The minimum absolute atomic E-state index is 0.0117. The summed E-state index contributed by atoms with van der Waals surface area (Å²) in [6.45, 7) is 0.553. The first-order valence-corrected chi connectivity index (χ1v) is 10.8. The Bertz CT molecular complexity index is 783. The van der Waals surface area contributed by atoms with Crippen molar-refractivity contribution in [2.75, 3.05) is 20.2 Å². The molecule has 0 spiro atoms. The number of hydrogen-bond donors (Lipinski definition) is 1. The monoisotopic (exact) mass is 450 g/mol. The van der Waals surface area contributed by atoms with E-state index < -0.39 is 10.0 Å². The van der Waals surface area contributed by atoms with Gasteiger partial charge in [0.05, 0.1) is 17.5 Å². The Kier molecular flexibility index (Phi) is 5.63. The Balaban J connectivity index is 1.85. The zero-order valence-corrected chi connectivity index (χ0v) is 17.0. The van der Waals surface area contributed by atoms with Crippen LogP contribution in [0.1, 0.15) is 25.7 Å². The van der Waals surface area contributed by atoms with E-state index in [1.807, 2.05) is 0 Å². The van der Waals surface area contributed by atoms with Crippen molar-refractivity contribution in [3.8, 4) is 5.75 Å². The highest BCUT2D eigenvalue weighted by atomic mass is 79.9. The third-order valence-electron chi connectivity index (χ3n) is 4.47. The molecule has 1 N–H and O–H groups in total. The number of hydrogen-bond acceptors (Lipinski definition) is 4. The third kappa shape index (κ3) is 4.13. The number of carbonyl (C=O) groups excluding carboxylic acids is 1. The van der Waals surface area contributed by atoms with Crippen molar-refractivity contribution in [2.45, 2.75) is 36.6 Å². The molecule has 1 atom stereocenters. The van der Waals surface area contributed by atoms with Gasteiger partial charge >= 0.3 is 0 Å². The van der Waals surface area contributed by atoms with Gasteiger partial charge in [-0.25, -0.2) is 8.42 Å². The normalized spacial score (nSPS) is 21.8. The molecule has 3 rings (SSSR count). The molecule has 1 aromatic rings. The van der Waals surface area contributed by atoms with Gasteiger partial charge in [-0.3, -0.25) is 4.79 Å². The predicted molar refractivity (Wildman–Crippen MR) is 98.4 cm³/mol. The summed E-state index contributed by atoms with van der Waals surface area (Å²) >= 11 is 9.32. The molecule has 1 unspecified atom stereocenters. The number of nitrogens with zero attached hydrogens (tertiary/aromatic N) is 1. The fourth-order valence-corrected chi connectivity index (χ4v) is 5.88. The molecule has 1 heterocycles. The van der Waals surface area contributed by atoms with E-state index in [1.54, 1.807) is 6.07 Å². The Labute approximate surface area is 161 Å². The summed E-state index contributed by atoms with van der Waals surface area (Å²) < 4.78 is 33.3. The highest BCUT2D eigenvalue weighted by Crippen LogP contribution is 2.37. The summed E-state index contributed by atoms with van der Waals surface area (Å²) in [4.78, 5) is 12.3. The summed E-state index contributed by atoms with van der Waals surface area (Å²) in [5, 5.41) is 3.26. The molecule has 1 aliphatic heterocycles. The minimum atomic E-state index is -3.82. The summed E-state index contributed by atoms with van der Waals surface area (Å²) in [5.41, 5.74) is 0. The van der Waals surface area contributed by atoms with E-state index in [0.29, 0.717) is 28.9 Å². The van der Waals surface area contributed by atoms with Crippen LogP contribution in [0.25, 0.3) is 0 Å². The molecule has 0 aromatic heterocycles. The van der Waals surface area contributed by atoms with Gasteiger partial charge in [0.15, 0.2) is 5.75 Å². The van der Waals surface area contributed by atoms with Crippen LogP contribution in [0.3, 0.4) is 0 Å². The van der Waals surface area contributed by atoms with Gasteiger partial charge in [0.1, 0.15) is 4.90 Å². The Hall–Kier alpha value is -0.830. The number of piperidine rings is 1. The maximum absolute atomic E-state index is 13.1. The van der Waals surface area contributed by atoms with Crippen LogP contribution in [-0.4, -0.2) is 44.9 Å². The maximum atomic E-state index is 13.1. The lowest BCUT2D eigenvalue weighted by Gasteiger charge is -2.31. The number of rotatable bonds is 5. The van der Waals surface area contributed by atoms with Crippen molar-refractivity contribution in [3.05, 3.63) is 21.6 Å². The van der Waals surface area contributed by atoms with Gasteiger partial charge in [0, 0.05) is 24.2 Å². The van der Waals surface area contributed by atoms with E-state index >= 15 is 0 Å². The number of amides is 1. The predicted octanol–water partition coefficient (Wildman–Crippen LogP) is 2.79. The van der Waals surface area contributed by atoms with Crippen molar-refractivity contribution in [3.63, 3.8) is 0 Å². The van der Waals surface area contributed by atoms with Crippen molar-refractivity contribution in [1.29, 1.82) is 0 Å². The standard InChI is InChI=1S/C16H20BrClN2O4S/c1-24-15-13(17)7-11(18)8-14(15)25(22,23)20-6-2-3-10(9-20)16(21)19-12-4-5-12/h7-8,10,12H,2-6,9H2,1H3,(H,19,21). The fourth-order valence-electron chi connectivity index (χ4n) is 2.99. The lowest BCUT2D eigenvalue weighted by atomic mass is 9.99. The van der Waals surface area contributed by atoms with Crippen LogP contribution in [-0.2, 0) is 14.8 Å². The Morgan fingerprint density at radius 2 is 2.08 bits per heavy atom. The average Bonchev–Trinajstić information content (AvgIpc) is 3.38. The summed E-state index contributed by atoms with van der Waals surface area (Å²) in [5.74, 6) is -0.159. The number of carbonyl (C=O) groups is 1.